The Morgan fingerprint density at radius 2 is 1.30 bits per heavy atom. The van der Waals surface area contributed by atoms with Crippen molar-refractivity contribution in [2.45, 2.75) is 37.8 Å². The van der Waals surface area contributed by atoms with Gasteiger partial charge in [0, 0.05) is 5.92 Å². The number of carbonyl (C=O) groups excluding carboxylic acids is 5. The summed E-state index contributed by atoms with van der Waals surface area (Å²) in [5, 5.41) is 2.90. The molecule has 3 aliphatic rings. The summed E-state index contributed by atoms with van der Waals surface area (Å²) in [6.07, 6.45) is -1.63. The number of carbonyl (C=O) groups is 5. The summed E-state index contributed by atoms with van der Waals surface area (Å²) < 4.78 is 11.0. The number of imide groups is 1. The minimum atomic E-state index is -1.80. The lowest BCUT2D eigenvalue weighted by Crippen LogP contribution is -2.76. The maximum Gasteiger partial charge on any atom is 0.410 e. The average molecular weight is 584 g/mol. The van der Waals surface area contributed by atoms with Gasteiger partial charge in [0.05, 0.1) is 24.2 Å². The summed E-state index contributed by atoms with van der Waals surface area (Å²) in [7, 11) is 0. The molecule has 1 N–H and O–H groups in total. The minimum Gasteiger partial charge on any atom is -0.449 e. The molecule has 1 saturated heterocycles. The highest BCUT2D eigenvalue weighted by Gasteiger charge is 2.57. The molecule has 43 heavy (non-hydrogen) atoms. The predicted molar refractivity (Wildman–Crippen MR) is 152 cm³/mol. The van der Waals surface area contributed by atoms with Crippen LogP contribution in [0.2, 0.25) is 0 Å². The van der Waals surface area contributed by atoms with Crippen molar-refractivity contribution in [2.24, 2.45) is 0 Å². The van der Waals surface area contributed by atoms with Crippen LogP contribution in [-0.2, 0) is 19.1 Å². The second kappa shape index (κ2) is 10.3. The maximum absolute atomic E-state index is 13.5. The van der Waals surface area contributed by atoms with Crippen molar-refractivity contribution in [2.75, 3.05) is 19.7 Å². The zero-order chi connectivity index (χ0) is 30.5. The Hall–Kier alpha value is -5.19. The van der Waals surface area contributed by atoms with Crippen molar-refractivity contribution in [1.82, 2.24) is 15.3 Å². The number of nitrogens with one attached hydrogen (secondary N) is 1. The molecule has 0 bridgehead atoms. The van der Waals surface area contributed by atoms with Gasteiger partial charge in [0.25, 0.3) is 11.8 Å². The summed E-state index contributed by atoms with van der Waals surface area (Å²) in [6.45, 7) is 4.43. The molecule has 3 aromatic rings. The first kappa shape index (κ1) is 28.0. The molecule has 0 unspecified atom stereocenters. The van der Waals surface area contributed by atoms with E-state index in [0.29, 0.717) is 5.06 Å². The van der Waals surface area contributed by atoms with Gasteiger partial charge in [-0.15, -0.1) is 0 Å². The van der Waals surface area contributed by atoms with E-state index in [-0.39, 0.29) is 36.7 Å². The van der Waals surface area contributed by atoms with E-state index in [1.54, 1.807) is 32.9 Å². The fourth-order valence-electron chi connectivity index (χ4n) is 5.57. The highest BCUT2D eigenvalue weighted by molar-refractivity contribution is 6.21. The van der Waals surface area contributed by atoms with Crippen LogP contribution in [0.1, 0.15) is 58.5 Å². The molecule has 0 radical (unpaired) electrons. The molecule has 3 aromatic carbocycles. The second-order valence-corrected chi connectivity index (χ2v) is 11.7. The SMILES string of the molecule is CC(C)(C)OC(=O)N1CC(NC(=O)OCC2c3ccccc3-c3ccccc32)(C(=O)ON2C(=O)c3ccccc3C2=O)C1. The highest BCUT2D eigenvalue weighted by Crippen LogP contribution is 2.44. The number of nitrogens with zero attached hydrogens (tertiary/aromatic N) is 2. The van der Waals surface area contributed by atoms with Crippen molar-refractivity contribution in [3.05, 3.63) is 95.1 Å². The molecular formula is C32H29N3O8. The van der Waals surface area contributed by atoms with Crippen molar-refractivity contribution in [1.29, 1.82) is 0 Å². The molecule has 0 atom stereocenters. The first-order valence-corrected chi connectivity index (χ1v) is 13.8. The fourth-order valence-corrected chi connectivity index (χ4v) is 5.57. The molecular weight excluding hydrogens is 554 g/mol. The summed E-state index contributed by atoms with van der Waals surface area (Å²) >= 11 is 0. The quantitative estimate of drug-likeness (QED) is 0.441. The minimum absolute atomic E-state index is 0.0147. The second-order valence-electron chi connectivity index (χ2n) is 11.7. The zero-order valence-corrected chi connectivity index (χ0v) is 23.8. The third kappa shape index (κ3) is 4.96. The van der Waals surface area contributed by atoms with E-state index in [4.69, 9.17) is 14.3 Å². The molecule has 11 heteroatoms. The lowest BCUT2D eigenvalue weighted by Gasteiger charge is -2.47. The van der Waals surface area contributed by atoms with Gasteiger partial charge in [-0.25, -0.2) is 14.4 Å². The monoisotopic (exact) mass is 583 g/mol. The van der Waals surface area contributed by atoms with Crippen LogP contribution in [0.25, 0.3) is 11.1 Å². The van der Waals surface area contributed by atoms with Crippen molar-refractivity contribution >= 4 is 30.0 Å². The molecule has 0 saturated carbocycles. The van der Waals surface area contributed by atoms with Gasteiger partial charge >= 0.3 is 18.2 Å². The average Bonchev–Trinajstić information content (AvgIpc) is 3.40. The van der Waals surface area contributed by atoms with E-state index in [1.165, 1.54) is 17.0 Å². The number of hydrogen-bond donors (Lipinski definition) is 1. The van der Waals surface area contributed by atoms with E-state index in [2.05, 4.69) is 5.32 Å². The van der Waals surface area contributed by atoms with Crippen LogP contribution in [-0.4, -0.2) is 70.8 Å². The van der Waals surface area contributed by atoms with Gasteiger partial charge in [0.1, 0.15) is 12.2 Å². The van der Waals surface area contributed by atoms with Crippen LogP contribution >= 0.6 is 0 Å². The molecule has 1 fully saturated rings. The Kier molecular flexibility index (Phi) is 6.67. The van der Waals surface area contributed by atoms with Gasteiger partial charge in [0.15, 0.2) is 5.54 Å². The smallest absolute Gasteiger partial charge is 0.410 e. The van der Waals surface area contributed by atoms with E-state index in [0.717, 1.165) is 22.3 Å². The van der Waals surface area contributed by atoms with Crippen molar-refractivity contribution < 1.29 is 38.3 Å². The number of rotatable bonds is 5. The largest absolute Gasteiger partial charge is 0.449 e. The van der Waals surface area contributed by atoms with Crippen LogP contribution in [0.5, 0.6) is 0 Å². The highest BCUT2D eigenvalue weighted by atomic mass is 16.7. The number of ether oxygens (including phenoxy) is 2. The Labute approximate surface area is 247 Å². The van der Waals surface area contributed by atoms with Gasteiger partial charge in [-0.05, 0) is 55.2 Å². The number of hydroxylamine groups is 2. The molecule has 0 spiro atoms. The van der Waals surface area contributed by atoms with Crippen molar-refractivity contribution in [3.8, 4) is 11.1 Å². The van der Waals surface area contributed by atoms with E-state index in [1.807, 2.05) is 48.5 Å². The Morgan fingerprint density at radius 3 is 1.81 bits per heavy atom. The van der Waals surface area contributed by atoms with Gasteiger partial charge < -0.3 is 24.5 Å². The molecule has 0 aromatic heterocycles. The molecule has 11 nitrogen and oxygen atoms in total. The number of likely N-dealkylation sites (tertiary alicyclic amines) is 1. The topological polar surface area (TPSA) is 132 Å². The predicted octanol–water partition coefficient (Wildman–Crippen LogP) is 4.27. The lowest BCUT2D eigenvalue weighted by atomic mass is 9.90. The maximum atomic E-state index is 13.5. The molecule has 4 amide bonds. The first-order valence-electron chi connectivity index (χ1n) is 13.8. The number of amides is 4. The van der Waals surface area contributed by atoms with E-state index >= 15 is 0 Å². The standard InChI is InChI=1S/C32H29N3O8/c1-31(2,3)42-30(40)34-17-32(18-34,28(38)43-35-26(36)23-14-8-9-15-24(23)27(35)37)33-29(39)41-16-25-21-12-6-4-10-19(21)20-11-5-7-13-22(20)25/h4-15,25H,16-18H2,1-3H3,(H,33,39). The van der Waals surface area contributed by atoms with Gasteiger partial charge in [-0.1, -0.05) is 65.7 Å². The number of fused-ring (bicyclic) bond motifs is 4. The summed E-state index contributed by atoms with van der Waals surface area (Å²) in [6, 6.07) is 21.8. The Balaban J connectivity index is 1.18. The van der Waals surface area contributed by atoms with Gasteiger partial charge in [0.2, 0.25) is 0 Å². The third-order valence-corrected chi connectivity index (χ3v) is 7.58. The third-order valence-electron chi connectivity index (χ3n) is 7.58. The molecule has 2 heterocycles. The summed E-state index contributed by atoms with van der Waals surface area (Å²) in [4.78, 5) is 71.4. The van der Waals surface area contributed by atoms with Crippen molar-refractivity contribution in [3.63, 3.8) is 0 Å². The number of alkyl carbamates (subject to hydrolysis) is 1. The molecule has 220 valence electrons. The van der Waals surface area contributed by atoms with Crippen LogP contribution < -0.4 is 5.32 Å². The van der Waals surface area contributed by atoms with E-state index < -0.39 is 41.1 Å². The molecule has 2 aliphatic heterocycles. The summed E-state index contributed by atoms with van der Waals surface area (Å²) in [5.74, 6) is -2.95. The Morgan fingerprint density at radius 1 is 0.814 bits per heavy atom. The molecule has 1 aliphatic carbocycles. The van der Waals surface area contributed by atoms with E-state index in [9.17, 15) is 24.0 Å². The van der Waals surface area contributed by atoms with Crippen LogP contribution in [0.4, 0.5) is 9.59 Å². The lowest BCUT2D eigenvalue weighted by molar-refractivity contribution is -0.183. The fraction of sp³-hybridized carbons (Fsp3) is 0.281. The first-order chi connectivity index (χ1) is 20.5. The molecule has 6 rings (SSSR count). The van der Waals surface area contributed by atoms with Crippen LogP contribution in [0, 0.1) is 0 Å². The normalized spacial score (nSPS) is 16.5. The number of benzene rings is 3. The van der Waals surface area contributed by atoms with Gasteiger partial charge in [-0.3, -0.25) is 9.59 Å². The number of hydrogen-bond acceptors (Lipinski definition) is 8. The van der Waals surface area contributed by atoms with Crippen LogP contribution in [0.3, 0.4) is 0 Å². The zero-order valence-electron chi connectivity index (χ0n) is 23.8. The van der Waals surface area contributed by atoms with Crippen LogP contribution in [0.15, 0.2) is 72.8 Å². The Bertz CT molecular complexity index is 1590. The summed E-state index contributed by atoms with van der Waals surface area (Å²) in [5.41, 5.74) is 1.71. The van der Waals surface area contributed by atoms with Gasteiger partial charge in [-0.2, -0.15) is 0 Å².